The standard InChI is InChI=1S/C11H22N2OS/c1-3-6-13-11(10-12)5-9-15-8-4-7-14-2/h11,13H,3-9H2,1-2H3. The van der Waals surface area contributed by atoms with Crippen molar-refractivity contribution in [1.29, 1.82) is 5.26 Å². The Kier molecular flexibility index (Phi) is 11.6. The summed E-state index contributed by atoms with van der Waals surface area (Å²) >= 11 is 1.90. The van der Waals surface area contributed by atoms with Gasteiger partial charge in [0.25, 0.3) is 0 Å². The van der Waals surface area contributed by atoms with Gasteiger partial charge in [0.2, 0.25) is 0 Å². The fourth-order valence-electron chi connectivity index (χ4n) is 1.14. The molecule has 0 radical (unpaired) electrons. The van der Waals surface area contributed by atoms with Crippen LogP contribution in [0.3, 0.4) is 0 Å². The zero-order valence-corrected chi connectivity index (χ0v) is 10.6. The van der Waals surface area contributed by atoms with Gasteiger partial charge in [0.15, 0.2) is 0 Å². The first kappa shape index (κ1) is 14.8. The van der Waals surface area contributed by atoms with Crippen molar-refractivity contribution < 1.29 is 4.74 Å². The van der Waals surface area contributed by atoms with Crippen LogP contribution in [0.2, 0.25) is 0 Å². The van der Waals surface area contributed by atoms with Crippen molar-refractivity contribution in [2.75, 3.05) is 31.8 Å². The summed E-state index contributed by atoms with van der Waals surface area (Å²) in [6.45, 7) is 3.89. The van der Waals surface area contributed by atoms with Crippen LogP contribution in [0.5, 0.6) is 0 Å². The van der Waals surface area contributed by atoms with Crippen molar-refractivity contribution in [2.45, 2.75) is 32.2 Å². The van der Waals surface area contributed by atoms with Gasteiger partial charge in [0.1, 0.15) is 0 Å². The Morgan fingerprint density at radius 1 is 1.47 bits per heavy atom. The van der Waals surface area contributed by atoms with E-state index in [1.165, 1.54) is 0 Å². The Labute approximate surface area is 97.6 Å². The maximum atomic E-state index is 8.85. The molecule has 1 unspecified atom stereocenters. The summed E-state index contributed by atoms with van der Waals surface area (Å²) in [4.78, 5) is 0. The molecule has 88 valence electrons. The lowest BCUT2D eigenvalue weighted by molar-refractivity contribution is 0.200. The number of rotatable bonds is 10. The van der Waals surface area contributed by atoms with E-state index in [-0.39, 0.29) is 6.04 Å². The van der Waals surface area contributed by atoms with Crippen molar-refractivity contribution in [2.24, 2.45) is 0 Å². The van der Waals surface area contributed by atoms with Crippen molar-refractivity contribution in [3.05, 3.63) is 0 Å². The number of hydrogen-bond donors (Lipinski definition) is 1. The number of nitrogens with one attached hydrogen (secondary N) is 1. The number of nitrogens with zero attached hydrogens (tertiary/aromatic N) is 1. The Bertz CT molecular complexity index is 170. The molecule has 0 saturated heterocycles. The molecular weight excluding hydrogens is 208 g/mol. The van der Waals surface area contributed by atoms with Gasteiger partial charge in [-0.3, -0.25) is 0 Å². The van der Waals surface area contributed by atoms with Crippen LogP contribution in [0.25, 0.3) is 0 Å². The van der Waals surface area contributed by atoms with E-state index in [1.54, 1.807) is 7.11 Å². The molecule has 0 aromatic heterocycles. The van der Waals surface area contributed by atoms with Crippen LogP contribution >= 0.6 is 11.8 Å². The summed E-state index contributed by atoms with van der Waals surface area (Å²) < 4.78 is 4.97. The quantitative estimate of drug-likeness (QED) is 0.583. The Balaban J connectivity index is 3.27. The molecule has 4 heteroatoms. The second-order valence-corrected chi connectivity index (χ2v) is 4.61. The topological polar surface area (TPSA) is 45.0 Å². The molecule has 0 amide bonds. The molecule has 1 N–H and O–H groups in total. The van der Waals surface area contributed by atoms with Crippen LogP contribution in [0.15, 0.2) is 0 Å². The van der Waals surface area contributed by atoms with E-state index in [0.29, 0.717) is 0 Å². The van der Waals surface area contributed by atoms with Crippen molar-refractivity contribution in [1.82, 2.24) is 5.32 Å². The maximum Gasteiger partial charge on any atom is 0.0960 e. The predicted molar refractivity (Wildman–Crippen MR) is 66.1 cm³/mol. The van der Waals surface area contributed by atoms with E-state index in [1.807, 2.05) is 11.8 Å². The van der Waals surface area contributed by atoms with E-state index in [9.17, 15) is 0 Å². The lowest BCUT2D eigenvalue weighted by atomic mass is 10.2. The molecule has 3 nitrogen and oxygen atoms in total. The molecule has 0 aliphatic rings. The fourth-order valence-corrected chi connectivity index (χ4v) is 2.07. The van der Waals surface area contributed by atoms with E-state index in [4.69, 9.17) is 10.00 Å². The summed E-state index contributed by atoms with van der Waals surface area (Å²) in [6.07, 6.45) is 3.12. The monoisotopic (exact) mass is 230 g/mol. The summed E-state index contributed by atoms with van der Waals surface area (Å²) in [5.74, 6) is 2.18. The van der Waals surface area contributed by atoms with Crippen LogP contribution in [0.1, 0.15) is 26.2 Å². The van der Waals surface area contributed by atoms with Crippen LogP contribution in [0, 0.1) is 11.3 Å². The van der Waals surface area contributed by atoms with Crippen LogP contribution < -0.4 is 5.32 Å². The largest absolute Gasteiger partial charge is 0.385 e. The second kappa shape index (κ2) is 11.8. The zero-order valence-electron chi connectivity index (χ0n) is 9.79. The molecule has 0 heterocycles. The molecule has 0 fully saturated rings. The van der Waals surface area contributed by atoms with Gasteiger partial charge in [-0.1, -0.05) is 6.92 Å². The number of methoxy groups -OCH3 is 1. The highest BCUT2D eigenvalue weighted by molar-refractivity contribution is 7.99. The fraction of sp³-hybridized carbons (Fsp3) is 0.909. The third-order valence-electron chi connectivity index (χ3n) is 1.98. The maximum absolute atomic E-state index is 8.85. The average Bonchev–Trinajstić information content (AvgIpc) is 2.27. The van der Waals surface area contributed by atoms with Gasteiger partial charge in [0, 0.05) is 13.7 Å². The highest BCUT2D eigenvalue weighted by Crippen LogP contribution is 2.06. The Hall–Kier alpha value is -0.240. The predicted octanol–water partition coefficient (Wildman–Crippen LogP) is 2.04. The van der Waals surface area contributed by atoms with Gasteiger partial charge < -0.3 is 10.1 Å². The van der Waals surface area contributed by atoms with Gasteiger partial charge in [-0.2, -0.15) is 17.0 Å². The molecule has 0 rings (SSSR count). The molecule has 15 heavy (non-hydrogen) atoms. The molecule has 0 saturated carbocycles. The summed E-state index contributed by atoms with van der Waals surface area (Å²) in [7, 11) is 1.73. The average molecular weight is 230 g/mol. The molecular formula is C11H22N2OS. The van der Waals surface area contributed by atoms with Gasteiger partial charge in [0.05, 0.1) is 12.1 Å². The highest BCUT2D eigenvalue weighted by Gasteiger charge is 2.04. The minimum Gasteiger partial charge on any atom is -0.385 e. The van der Waals surface area contributed by atoms with E-state index in [2.05, 4.69) is 18.3 Å². The molecule has 0 aliphatic carbocycles. The Morgan fingerprint density at radius 2 is 2.27 bits per heavy atom. The summed E-state index contributed by atoms with van der Waals surface area (Å²) in [5.41, 5.74) is 0. The van der Waals surface area contributed by atoms with Crippen molar-refractivity contribution in [3.63, 3.8) is 0 Å². The van der Waals surface area contributed by atoms with Crippen molar-refractivity contribution in [3.8, 4) is 6.07 Å². The molecule has 0 aromatic rings. The lowest BCUT2D eigenvalue weighted by Gasteiger charge is -2.09. The number of nitriles is 1. The van der Waals surface area contributed by atoms with E-state index < -0.39 is 0 Å². The van der Waals surface area contributed by atoms with E-state index in [0.717, 1.165) is 43.9 Å². The van der Waals surface area contributed by atoms with Crippen LogP contribution in [-0.4, -0.2) is 37.8 Å². The first-order chi connectivity index (χ1) is 7.35. The van der Waals surface area contributed by atoms with Crippen LogP contribution in [-0.2, 0) is 4.74 Å². The normalized spacial score (nSPS) is 12.3. The smallest absolute Gasteiger partial charge is 0.0960 e. The third kappa shape index (κ3) is 10.1. The second-order valence-electron chi connectivity index (χ2n) is 3.38. The number of ether oxygens (including phenoxy) is 1. The van der Waals surface area contributed by atoms with Gasteiger partial charge in [-0.05, 0) is 37.3 Å². The zero-order chi connectivity index (χ0) is 11.4. The molecule has 0 aromatic carbocycles. The minimum atomic E-state index is 0.0277. The van der Waals surface area contributed by atoms with Gasteiger partial charge in [-0.25, -0.2) is 0 Å². The lowest BCUT2D eigenvalue weighted by Crippen LogP contribution is -2.28. The summed E-state index contributed by atoms with van der Waals surface area (Å²) in [5, 5.41) is 12.1. The Morgan fingerprint density at radius 3 is 2.87 bits per heavy atom. The van der Waals surface area contributed by atoms with E-state index >= 15 is 0 Å². The number of thioether (sulfide) groups is 1. The number of hydrogen-bond acceptors (Lipinski definition) is 4. The van der Waals surface area contributed by atoms with Gasteiger partial charge >= 0.3 is 0 Å². The first-order valence-electron chi connectivity index (χ1n) is 5.54. The van der Waals surface area contributed by atoms with Crippen LogP contribution in [0.4, 0.5) is 0 Å². The SMILES string of the molecule is CCCNC(C#N)CCSCCCOC. The third-order valence-corrected chi connectivity index (χ3v) is 3.09. The highest BCUT2D eigenvalue weighted by atomic mass is 32.2. The molecule has 0 aliphatic heterocycles. The molecule has 0 spiro atoms. The summed E-state index contributed by atoms with van der Waals surface area (Å²) in [6, 6.07) is 2.32. The molecule has 1 atom stereocenters. The van der Waals surface area contributed by atoms with Crippen molar-refractivity contribution >= 4 is 11.8 Å². The minimum absolute atomic E-state index is 0.0277. The molecule has 0 bridgehead atoms. The van der Waals surface area contributed by atoms with Gasteiger partial charge in [-0.15, -0.1) is 0 Å². The first-order valence-corrected chi connectivity index (χ1v) is 6.70.